The zero-order valence-corrected chi connectivity index (χ0v) is 6.07. The largest absolute Gasteiger partial charge is 0.479 e. The normalized spacial score (nSPS) is 8.25. The van der Waals surface area contributed by atoms with Gasteiger partial charge in [-0.05, 0) is 0 Å². The Morgan fingerprint density at radius 3 is 2.75 bits per heavy atom. The van der Waals surface area contributed by atoms with Crippen LogP contribution in [0.4, 0.5) is 4.79 Å². The van der Waals surface area contributed by atoms with E-state index in [1.54, 1.807) is 5.48 Å². The number of terminal acetylenes is 1. The van der Waals surface area contributed by atoms with Crippen molar-refractivity contribution >= 4 is 12.1 Å². The maximum atomic E-state index is 10.4. The van der Waals surface area contributed by atoms with E-state index >= 15 is 0 Å². The Balaban J connectivity index is 3.33. The molecule has 0 radical (unpaired) electrons. The molecule has 66 valence electrons. The van der Waals surface area contributed by atoms with Gasteiger partial charge < -0.3 is 9.84 Å². The fourth-order valence-electron chi connectivity index (χ4n) is 0.293. The zero-order valence-electron chi connectivity index (χ0n) is 6.07. The van der Waals surface area contributed by atoms with Crippen LogP contribution in [0.5, 0.6) is 0 Å². The number of carbonyl (C=O) groups is 2. The lowest BCUT2D eigenvalue weighted by atomic mass is 10.8. The van der Waals surface area contributed by atoms with Crippen LogP contribution < -0.4 is 5.48 Å². The Bertz CT molecular complexity index is 206. The minimum Gasteiger partial charge on any atom is -0.479 e. The first kappa shape index (κ1) is 10.3. The molecule has 0 rings (SSSR count). The molecule has 0 bridgehead atoms. The van der Waals surface area contributed by atoms with Gasteiger partial charge in [-0.1, -0.05) is 5.92 Å². The second-order valence-electron chi connectivity index (χ2n) is 1.56. The summed E-state index contributed by atoms with van der Waals surface area (Å²) in [5.74, 6) is 0.841. The SMILES string of the molecule is C#CCOC(=O)NOCC(=O)O. The molecule has 0 atom stereocenters. The summed E-state index contributed by atoms with van der Waals surface area (Å²) >= 11 is 0. The molecule has 0 spiro atoms. The number of rotatable bonds is 4. The average Bonchev–Trinajstić information content (AvgIpc) is 2.00. The Hall–Kier alpha value is -1.74. The molecule has 0 unspecified atom stereocenters. The summed E-state index contributed by atoms with van der Waals surface area (Å²) in [5, 5.41) is 8.05. The standard InChI is InChI=1S/C6H7NO5/c1-2-3-11-6(10)7-12-4-5(8)9/h1H,3-4H2,(H,7,10)(H,8,9). The van der Waals surface area contributed by atoms with Gasteiger partial charge in [-0.15, -0.1) is 6.42 Å². The van der Waals surface area contributed by atoms with E-state index in [-0.39, 0.29) is 6.61 Å². The van der Waals surface area contributed by atoms with E-state index in [0.29, 0.717) is 0 Å². The van der Waals surface area contributed by atoms with Gasteiger partial charge in [-0.25, -0.2) is 9.59 Å². The molecule has 0 aliphatic rings. The number of amides is 1. The van der Waals surface area contributed by atoms with Gasteiger partial charge in [0.1, 0.15) is 0 Å². The van der Waals surface area contributed by atoms with Crippen LogP contribution in [0.25, 0.3) is 0 Å². The first-order valence-corrected chi connectivity index (χ1v) is 2.86. The highest BCUT2D eigenvalue weighted by atomic mass is 16.7. The summed E-state index contributed by atoms with van der Waals surface area (Å²) in [6.07, 6.45) is 3.84. The third kappa shape index (κ3) is 6.38. The molecule has 0 saturated heterocycles. The van der Waals surface area contributed by atoms with Crippen LogP contribution in [0.3, 0.4) is 0 Å². The monoisotopic (exact) mass is 173 g/mol. The summed E-state index contributed by atoms with van der Waals surface area (Å²) in [5.41, 5.74) is 1.71. The van der Waals surface area contributed by atoms with Crippen molar-refractivity contribution in [3.63, 3.8) is 0 Å². The van der Waals surface area contributed by atoms with E-state index in [0.717, 1.165) is 0 Å². The Labute approximate surface area is 68.4 Å². The first-order chi connectivity index (χ1) is 5.66. The predicted molar refractivity (Wildman–Crippen MR) is 36.9 cm³/mol. The molecule has 12 heavy (non-hydrogen) atoms. The topological polar surface area (TPSA) is 84.9 Å². The molecule has 0 heterocycles. The molecule has 0 aromatic heterocycles. The van der Waals surface area contributed by atoms with Gasteiger partial charge in [-0.3, -0.25) is 4.84 Å². The summed E-state index contributed by atoms with van der Waals surface area (Å²) < 4.78 is 4.27. The molecule has 1 amide bonds. The van der Waals surface area contributed by atoms with Crippen LogP contribution in [0.2, 0.25) is 0 Å². The molecular weight excluding hydrogens is 166 g/mol. The Morgan fingerprint density at radius 1 is 1.58 bits per heavy atom. The summed E-state index contributed by atoms with van der Waals surface area (Å²) in [6.45, 7) is -0.826. The molecule has 0 aliphatic carbocycles. The highest BCUT2D eigenvalue weighted by Crippen LogP contribution is 1.76. The van der Waals surface area contributed by atoms with E-state index in [9.17, 15) is 9.59 Å². The van der Waals surface area contributed by atoms with Crippen molar-refractivity contribution in [2.24, 2.45) is 0 Å². The van der Waals surface area contributed by atoms with Gasteiger partial charge in [0.05, 0.1) is 0 Å². The molecule has 0 aromatic rings. The third-order valence-electron chi connectivity index (χ3n) is 0.638. The molecule has 0 aliphatic heterocycles. The van der Waals surface area contributed by atoms with Crippen LogP contribution in [0.1, 0.15) is 0 Å². The highest BCUT2D eigenvalue weighted by molar-refractivity contribution is 5.69. The van der Waals surface area contributed by atoms with E-state index < -0.39 is 18.7 Å². The quantitative estimate of drug-likeness (QED) is 0.436. The molecular formula is C6H7NO5. The number of nitrogens with one attached hydrogen (secondary N) is 1. The molecule has 0 aromatic carbocycles. The second-order valence-corrected chi connectivity index (χ2v) is 1.56. The summed E-state index contributed by atoms with van der Waals surface area (Å²) in [4.78, 5) is 24.4. The zero-order chi connectivity index (χ0) is 9.40. The number of aliphatic carboxylic acids is 1. The Morgan fingerprint density at radius 2 is 2.25 bits per heavy atom. The van der Waals surface area contributed by atoms with E-state index in [2.05, 4.69) is 9.57 Å². The third-order valence-corrected chi connectivity index (χ3v) is 0.638. The number of carbonyl (C=O) groups excluding carboxylic acids is 1. The number of ether oxygens (including phenoxy) is 1. The van der Waals surface area contributed by atoms with Crippen molar-refractivity contribution in [3.8, 4) is 12.3 Å². The van der Waals surface area contributed by atoms with Gasteiger partial charge in [0.2, 0.25) is 0 Å². The molecule has 2 N–H and O–H groups in total. The second kappa shape index (κ2) is 6.00. The molecule has 6 heteroatoms. The lowest BCUT2D eigenvalue weighted by molar-refractivity contribution is -0.144. The van der Waals surface area contributed by atoms with Crippen LogP contribution >= 0.6 is 0 Å². The average molecular weight is 173 g/mol. The minimum atomic E-state index is -1.20. The molecule has 6 nitrogen and oxygen atoms in total. The van der Waals surface area contributed by atoms with Gasteiger partial charge >= 0.3 is 12.1 Å². The number of carboxylic acid groups (broad SMARTS) is 1. The van der Waals surface area contributed by atoms with Crippen molar-refractivity contribution in [2.45, 2.75) is 0 Å². The molecule has 0 saturated carbocycles. The lowest BCUT2D eigenvalue weighted by Gasteiger charge is -2.01. The van der Waals surface area contributed by atoms with Crippen molar-refractivity contribution in [1.82, 2.24) is 5.48 Å². The van der Waals surface area contributed by atoms with Gasteiger partial charge in [-0.2, -0.15) is 5.48 Å². The fourth-order valence-corrected chi connectivity index (χ4v) is 0.293. The van der Waals surface area contributed by atoms with E-state index in [4.69, 9.17) is 11.5 Å². The van der Waals surface area contributed by atoms with Gasteiger partial charge in [0.15, 0.2) is 13.2 Å². The smallest absolute Gasteiger partial charge is 0.432 e. The maximum Gasteiger partial charge on any atom is 0.432 e. The summed E-state index contributed by atoms with van der Waals surface area (Å²) in [7, 11) is 0. The van der Waals surface area contributed by atoms with E-state index in [1.807, 2.05) is 5.92 Å². The fraction of sp³-hybridized carbons (Fsp3) is 0.333. The van der Waals surface area contributed by atoms with Gasteiger partial charge in [0.25, 0.3) is 0 Å². The number of hydroxylamine groups is 1. The van der Waals surface area contributed by atoms with Gasteiger partial charge in [0, 0.05) is 0 Å². The Kier molecular flexibility index (Phi) is 5.13. The predicted octanol–water partition coefficient (Wildman–Crippen LogP) is -0.638. The number of hydrogen-bond acceptors (Lipinski definition) is 4. The van der Waals surface area contributed by atoms with Crippen LogP contribution in [-0.4, -0.2) is 30.4 Å². The lowest BCUT2D eigenvalue weighted by Crippen LogP contribution is -2.27. The highest BCUT2D eigenvalue weighted by Gasteiger charge is 2.01. The number of hydrogen-bond donors (Lipinski definition) is 2. The number of carboxylic acids is 1. The first-order valence-electron chi connectivity index (χ1n) is 2.86. The van der Waals surface area contributed by atoms with Crippen molar-refractivity contribution in [3.05, 3.63) is 0 Å². The summed E-state index contributed by atoms with van der Waals surface area (Å²) in [6, 6.07) is 0. The minimum absolute atomic E-state index is 0.192. The maximum absolute atomic E-state index is 10.4. The molecule has 0 fully saturated rings. The van der Waals surface area contributed by atoms with E-state index in [1.165, 1.54) is 0 Å². The van der Waals surface area contributed by atoms with Crippen molar-refractivity contribution in [1.29, 1.82) is 0 Å². The van der Waals surface area contributed by atoms with Crippen molar-refractivity contribution in [2.75, 3.05) is 13.2 Å². The van der Waals surface area contributed by atoms with Crippen LogP contribution in [0.15, 0.2) is 0 Å². The van der Waals surface area contributed by atoms with Crippen LogP contribution in [-0.2, 0) is 14.4 Å². The van der Waals surface area contributed by atoms with Crippen molar-refractivity contribution < 1.29 is 24.3 Å². The van der Waals surface area contributed by atoms with Crippen LogP contribution in [0, 0.1) is 12.3 Å².